The monoisotopic (exact) mass is 343 g/mol. The number of benzene rings is 1. The molecule has 0 saturated carbocycles. The van der Waals surface area contributed by atoms with Gasteiger partial charge in [0.2, 0.25) is 11.9 Å². The lowest BCUT2D eigenvalue weighted by Gasteiger charge is -2.26. The van der Waals surface area contributed by atoms with Gasteiger partial charge in [0.05, 0.1) is 11.7 Å². The van der Waals surface area contributed by atoms with Crippen molar-refractivity contribution in [3.63, 3.8) is 0 Å². The first-order valence-electron chi connectivity index (χ1n) is 8.19. The van der Waals surface area contributed by atoms with Gasteiger partial charge in [-0.15, -0.1) is 0 Å². The van der Waals surface area contributed by atoms with Crippen molar-refractivity contribution in [1.82, 2.24) is 20.2 Å². The van der Waals surface area contributed by atoms with E-state index in [-0.39, 0.29) is 23.8 Å². The number of likely N-dealkylation sites (N-methyl/N-ethyl adjacent to an activating group) is 1. The molecule has 1 saturated heterocycles. The van der Waals surface area contributed by atoms with Crippen molar-refractivity contribution in [2.24, 2.45) is 0 Å². The van der Waals surface area contributed by atoms with Crippen LogP contribution in [0.1, 0.15) is 23.7 Å². The van der Waals surface area contributed by atoms with Gasteiger partial charge < -0.3 is 15.1 Å². The zero-order chi connectivity index (χ0) is 18.0. The largest absolute Gasteiger partial charge is 0.347 e. The van der Waals surface area contributed by atoms with Crippen molar-refractivity contribution in [3.05, 3.63) is 53.6 Å². The highest BCUT2D eigenvalue weighted by Crippen LogP contribution is 2.32. The number of nitrogens with zero attached hydrogens (tertiary/aromatic N) is 4. The van der Waals surface area contributed by atoms with Crippen molar-refractivity contribution < 1.29 is 9.18 Å². The highest BCUT2D eigenvalue weighted by Gasteiger charge is 2.38. The standard InChI is InChI=1S/C18H22FN5O/c1-23(2)18-20-9-8-14(22-18)11-21-15-10-16(25)24(3)17(15)12-4-6-13(19)7-5-12/h4-9,15,17,21H,10-11H2,1-3H3/t15-,17+/m1/s1. The highest BCUT2D eigenvalue weighted by molar-refractivity contribution is 5.80. The van der Waals surface area contributed by atoms with E-state index in [2.05, 4.69) is 15.3 Å². The second-order valence-corrected chi connectivity index (χ2v) is 6.43. The molecule has 3 rings (SSSR count). The molecule has 1 aliphatic rings. The van der Waals surface area contributed by atoms with Gasteiger partial charge in [0.25, 0.3) is 0 Å². The molecule has 6 nitrogen and oxygen atoms in total. The van der Waals surface area contributed by atoms with Gasteiger partial charge in [0.15, 0.2) is 0 Å². The van der Waals surface area contributed by atoms with Crippen molar-refractivity contribution in [1.29, 1.82) is 0 Å². The van der Waals surface area contributed by atoms with Gasteiger partial charge in [0.1, 0.15) is 5.82 Å². The van der Waals surface area contributed by atoms with Gasteiger partial charge in [-0.1, -0.05) is 12.1 Å². The Labute approximate surface area is 146 Å². The van der Waals surface area contributed by atoms with Crippen LogP contribution in [0.15, 0.2) is 36.5 Å². The lowest BCUT2D eigenvalue weighted by atomic mass is 10.00. The van der Waals surface area contributed by atoms with E-state index in [4.69, 9.17) is 0 Å². The van der Waals surface area contributed by atoms with Crippen molar-refractivity contribution in [3.8, 4) is 0 Å². The fourth-order valence-corrected chi connectivity index (χ4v) is 3.10. The molecule has 2 aromatic rings. The smallest absolute Gasteiger partial charge is 0.225 e. The van der Waals surface area contributed by atoms with E-state index in [9.17, 15) is 9.18 Å². The molecule has 2 heterocycles. The van der Waals surface area contributed by atoms with E-state index in [1.165, 1.54) is 12.1 Å². The quantitative estimate of drug-likeness (QED) is 0.896. The predicted molar refractivity (Wildman–Crippen MR) is 93.5 cm³/mol. The van der Waals surface area contributed by atoms with Crippen LogP contribution in [-0.2, 0) is 11.3 Å². The number of likely N-dealkylation sites (tertiary alicyclic amines) is 1. The SMILES string of the molecule is CN(C)c1nccc(CN[C@@H]2CC(=O)N(C)[C@H]2c2ccc(F)cc2)n1. The maximum Gasteiger partial charge on any atom is 0.225 e. The Hall–Kier alpha value is -2.54. The van der Waals surface area contributed by atoms with Gasteiger partial charge in [0, 0.05) is 46.3 Å². The number of carbonyl (C=O) groups excluding carboxylic acids is 1. The summed E-state index contributed by atoms with van der Waals surface area (Å²) in [6, 6.07) is 8.00. The summed E-state index contributed by atoms with van der Waals surface area (Å²) in [5.74, 6) is 0.440. The van der Waals surface area contributed by atoms with Crippen LogP contribution in [-0.4, -0.2) is 48.0 Å². The topological polar surface area (TPSA) is 61.4 Å². The van der Waals surface area contributed by atoms with Gasteiger partial charge >= 0.3 is 0 Å². The third-order valence-corrected chi connectivity index (χ3v) is 4.44. The summed E-state index contributed by atoms with van der Waals surface area (Å²) >= 11 is 0. The van der Waals surface area contributed by atoms with E-state index >= 15 is 0 Å². The maximum absolute atomic E-state index is 13.2. The van der Waals surface area contributed by atoms with E-state index in [0.717, 1.165) is 11.3 Å². The summed E-state index contributed by atoms with van der Waals surface area (Å²) in [4.78, 5) is 24.4. The number of amides is 1. The maximum atomic E-state index is 13.2. The highest BCUT2D eigenvalue weighted by atomic mass is 19.1. The van der Waals surface area contributed by atoms with Crippen LogP contribution in [0.25, 0.3) is 0 Å². The number of carbonyl (C=O) groups is 1. The Balaban J connectivity index is 1.75. The Morgan fingerprint density at radius 1 is 1.28 bits per heavy atom. The normalized spacial score (nSPS) is 20.2. The summed E-state index contributed by atoms with van der Waals surface area (Å²) in [6.07, 6.45) is 2.13. The molecular weight excluding hydrogens is 321 g/mol. The van der Waals surface area contributed by atoms with Crippen LogP contribution < -0.4 is 10.2 Å². The molecule has 1 aromatic heterocycles. The number of anilines is 1. The summed E-state index contributed by atoms with van der Waals surface area (Å²) in [6.45, 7) is 0.535. The summed E-state index contributed by atoms with van der Waals surface area (Å²) in [5, 5.41) is 3.42. The number of hydrogen-bond acceptors (Lipinski definition) is 5. The minimum Gasteiger partial charge on any atom is -0.347 e. The van der Waals surface area contributed by atoms with Crippen LogP contribution in [0.4, 0.5) is 10.3 Å². The van der Waals surface area contributed by atoms with Crippen LogP contribution in [0.2, 0.25) is 0 Å². The molecular formula is C18H22FN5O. The Morgan fingerprint density at radius 2 is 2.00 bits per heavy atom. The van der Waals surface area contributed by atoms with Gasteiger partial charge in [-0.2, -0.15) is 0 Å². The molecule has 1 N–H and O–H groups in total. The molecule has 25 heavy (non-hydrogen) atoms. The Morgan fingerprint density at radius 3 is 2.68 bits per heavy atom. The number of nitrogens with one attached hydrogen (secondary N) is 1. The van der Waals surface area contributed by atoms with Gasteiger partial charge in [-0.3, -0.25) is 4.79 Å². The first-order chi connectivity index (χ1) is 12.0. The lowest BCUT2D eigenvalue weighted by molar-refractivity contribution is -0.127. The van der Waals surface area contributed by atoms with Crippen molar-refractivity contribution >= 4 is 11.9 Å². The first kappa shape index (κ1) is 17.3. The molecule has 7 heteroatoms. The summed E-state index contributed by atoms with van der Waals surface area (Å²) in [5.41, 5.74) is 1.78. The lowest BCUT2D eigenvalue weighted by Crippen LogP contribution is -2.35. The number of rotatable bonds is 5. The minimum absolute atomic E-state index is 0.0549. The fourth-order valence-electron chi connectivity index (χ4n) is 3.10. The molecule has 0 aliphatic carbocycles. The van der Waals surface area contributed by atoms with Crippen LogP contribution in [0.3, 0.4) is 0 Å². The Kier molecular flexibility index (Phi) is 4.94. The predicted octanol–water partition coefficient (Wildman–Crippen LogP) is 1.74. The van der Waals surface area contributed by atoms with E-state index < -0.39 is 0 Å². The molecule has 0 radical (unpaired) electrons. The average molecular weight is 343 g/mol. The third-order valence-electron chi connectivity index (χ3n) is 4.44. The third kappa shape index (κ3) is 3.76. The second-order valence-electron chi connectivity index (χ2n) is 6.43. The van der Waals surface area contributed by atoms with E-state index in [1.54, 1.807) is 30.3 Å². The molecule has 132 valence electrons. The number of halogens is 1. The molecule has 0 bridgehead atoms. The molecule has 1 aliphatic heterocycles. The average Bonchev–Trinajstić information content (AvgIpc) is 2.88. The van der Waals surface area contributed by atoms with Crippen molar-refractivity contribution in [2.75, 3.05) is 26.0 Å². The second kappa shape index (κ2) is 7.14. The van der Waals surface area contributed by atoms with Crippen LogP contribution >= 0.6 is 0 Å². The van der Waals surface area contributed by atoms with E-state index in [0.29, 0.717) is 18.9 Å². The van der Waals surface area contributed by atoms with Crippen molar-refractivity contribution in [2.45, 2.75) is 25.0 Å². The van der Waals surface area contributed by atoms with Crippen LogP contribution in [0, 0.1) is 5.82 Å². The molecule has 0 spiro atoms. The summed E-state index contributed by atoms with van der Waals surface area (Å²) < 4.78 is 13.2. The van der Waals surface area contributed by atoms with Crippen LogP contribution in [0.5, 0.6) is 0 Å². The first-order valence-corrected chi connectivity index (χ1v) is 8.19. The Bertz CT molecular complexity index is 749. The van der Waals surface area contributed by atoms with Gasteiger partial charge in [-0.25, -0.2) is 14.4 Å². The minimum atomic E-state index is -0.280. The zero-order valence-corrected chi connectivity index (χ0v) is 14.6. The van der Waals surface area contributed by atoms with E-state index in [1.807, 2.05) is 25.1 Å². The molecule has 1 fully saturated rings. The number of aromatic nitrogens is 2. The molecule has 1 amide bonds. The fraction of sp³-hybridized carbons (Fsp3) is 0.389. The molecule has 1 aromatic carbocycles. The zero-order valence-electron chi connectivity index (χ0n) is 14.6. The summed E-state index contributed by atoms with van der Waals surface area (Å²) in [7, 11) is 5.57. The molecule has 2 atom stereocenters. The number of hydrogen-bond donors (Lipinski definition) is 1. The molecule has 0 unspecified atom stereocenters. The van der Waals surface area contributed by atoms with Gasteiger partial charge in [-0.05, 0) is 23.8 Å².